The summed E-state index contributed by atoms with van der Waals surface area (Å²) >= 11 is 6.59. The highest BCUT2D eigenvalue weighted by molar-refractivity contribution is 9.11. The second-order valence-electron chi connectivity index (χ2n) is 4.57. The van der Waals surface area contributed by atoms with Gasteiger partial charge in [-0.05, 0) is 50.4 Å². The summed E-state index contributed by atoms with van der Waals surface area (Å²) < 4.78 is 33.6. The summed E-state index contributed by atoms with van der Waals surface area (Å²) in [7, 11) is -3.60. The fourth-order valence-corrected chi connectivity index (χ4v) is 6.43. The smallest absolute Gasteiger partial charge is 0.245 e. The predicted octanol–water partition coefficient (Wildman–Crippen LogP) is 2.59. The van der Waals surface area contributed by atoms with E-state index in [4.69, 9.17) is 10.5 Å². The van der Waals surface area contributed by atoms with Gasteiger partial charge in [0.25, 0.3) is 0 Å². The summed E-state index contributed by atoms with van der Waals surface area (Å²) in [6.45, 7) is 3.17. The van der Waals surface area contributed by atoms with Gasteiger partial charge in [0.1, 0.15) is 4.90 Å². The van der Waals surface area contributed by atoms with E-state index in [9.17, 15) is 8.42 Å². The Morgan fingerprint density at radius 2 is 2.00 bits per heavy atom. The van der Waals surface area contributed by atoms with Crippen LogP contribution < -0.4 is 5.73 Å². The number of rotatable bonds is 3. The van der Waals surface area contributed by atoms with Gasteiger partial charge in [-0.2, -0.15) is 4.31 Å². The quantitative estimate of drug-likeness (QED) is 0.752. The molecule has 1 heterocycles. The first-order valence-electron chi connectivity index (χ1n) is 6.22. The van der Waals surface area contributed by atoms with Crippen molar-refractivity contribution < 1.29 is 13.2 Å². The molecule has 5 nitrogen and oxygen atoms in total. The standard InChI is InChI=1S/C12H16Br2N2O3S/c1-2-9-7-19-4-3-16(9)20(17,18)12-10(13)5-8(15)6-11(12)14/h5-6,9H,2-4,7,15H2,1H3. The number of nitrogens with two attached hydrogens (primary N) is 1. The molecular formula is C12H16Br2N2O3S. The van der Waals surface area contributed by atoms with E-state index in [1.165, 1.54) is 4.31 Å². The van der Waals surface area contributed by atoms with Gasteiger partial charge in [-0.1, -0.05) is 6.92 Å². The minimum atomic E-state index is -3.60. The summed E-state index contributed by atoms with van der Waals surface area (Å²) in [5.74, 6) is 0. The van der Waals surface area contributed by atoms with Crippen LogP contribution in [0, 0.1) is 0 Å². The Morgan fingerprint density at radius 3 is 2.55 bits per heavy atom. The number of halogens is 2. The minimum Gasteiger partial charge on any atom is -0.399 e. The highest BCUT2D eigenvalue weighted by Crippen LogP contribution is 2.35. The van der Waals surface area contributed by atoms with Gasteiger partial charge in [0.15, 0.2) is 0 Å². The lowest BCUT2D eigenvalue weighted by atomic mass is 10.2. The normalized spacial score (nSPS) is 21.1. The molecule has 2 rings (SSSR count). The van der Waals surface area contributed by atoms with Crippen LogP contribution in [0.4, 0.5) is 5.69 Å². The SMILES string of the molecule is CCC1COCCN1S(=O)(=O)c1c(Br)cc(N)cc1Br. The average Bonchev–Trinajstić information content (AvgIpc) is 2.37. The van der Waals surface area contributed by atoms with Gasteiger partial charge in [-0.3, -0.25) is 0 Å². The first-order chi connectivity index (χ1) is 9.37. The summed E-state index contributed by atoms with van der Waals surface area (Å²) in [6, 6.07) is 3.06. The molecule has 20 heavy (non-hydrogen) atoms. The van der Waals surface area contributed by atoms with Gasteiger partial charge in [-0.15, -0.1) is 0 Å². The number of nitrogen functional groups attached to an aromatic ring is 1. The molecule has 1 aliphatic heterocycles. The third kappa shape index (κ3) is 3.04. The summed E-state index contributed by atoms with van der Waals surface area (Å²) in [5, 5.41) is 0. The highest BCUT2D eigenvalue weighted by atomic mass is 79.9. The number of benzene rings is 1. The molecule has 1 fully saturated rings. The van der Waals surface area contributed by atoms with Crippen molar-refractivity contribution in [2.75, 3.05) is 25.5 Å². The van der Waals surface area contributed by atoms with E-state index < -0.39 is 10.0 Å². The number of sulfonamides is 1. The minimum absolute atomic E-state index is 0.134. The Kier molecular flexibility index (Phi) is 5.12. The second kappa shape index (κ2) is 6.31. The van der Waals surface area contributed by atoms with Crippen molar-refractivity contribution in [2.24, 2.45) is 0 Å². The van der Waals surface area contributed by atoms with E-state index in [1.54, 1.807) is 12.1 Å². The maximum atomic E-state index is 12.9. The van der Waals surface area contributed by atoms with E-state index in [-0.39, 0.29) is 10.9 Å². The molecule has 0 radical (unpaired) electrons. The van der Waals surface area contributed by atoms with E-state index in [2.05, 4.69) is 31.9 Å². The molecule has 0 aliphatic carbocycles. The monoisotopic (exact) mass is 426 g/mol. The number of nitrogens with zero attached hydrogens (tertiary/aromatic N) is 1. The molecule has 1 aromatic rings. The Labute approximate surface area is 135 Å². The van der Waals surface area contributed by atoms with Gasteiger partial charge in [0.2, 0.25) is 10.0 Å². The van der Waals surface area contributed by atoms with E-state index >= 15 is 0 Å². The zero-order valence-corrected chi connectivity index (χ0v) is 15.0. The molecule has 0 bridgehead atoms. The first kappa shape index (κ1) is 16.2. The zero-order chi connectivity index (χ0) is 14.9. The van der Waals surface area contributed by atoms with Crippen molar-refractivity contribution in [1.29, 1.82) is 0 Å². The van der Waals surface area contributed by atoms with Crippen LogP contribution in [0.5, 0.6) is 0 Å². The number of hydrogen-bond donors (Lipinski definition) is 1. The zero-order valence-electron chi connectivity index (χ0n) is 11.0. The topological polar surface area (TPSA) is 72.6 Å². The molecule has 112 valence electrons. The van der Waals surface area contributed by atoms with Crippen molar-refractivity contribution in [1.82, 2.24) is 4.31 Å². The van der Waals surface area contributed by atoms with Crippen LogP contribution in [0.1, 0.15) is 13.3 Å². The molecule has 0 spiro atoms. The molecule has 1 aliphatic rings. The lowest BCUT2D eigenvalue weighted by Gasteiger charge is -2.34. The van der Waals surface area contributed by atoms with Crippen LogP contribution in [0.3, 0.4) is 0 Å². The lowest BCUT2D eigenvalue weighted by molar-refractivity contribution is 0.0314. The van der Waals surface area contributed by atoms with Crippen LogP contribution in [0.25, 0.3) is 0 Å². The first-order valence-corrected chi connectivity index (χ1v) is 9.24. The van der Waals surface area contributed by atoms with Crippen molar-refractivity contribution in [3.63, 3.8) is 0 Å². The summed E-state index contributed by atoms with van der Waals surface area (Å²) in [5.41, 5.74) is 6.21. The molecule has 8 heteroatoms. The maximum Gasteiger partial charge on any atom is 0.245 e. The molecule has 1 aromatic carbocycles. The van der Waals surface area contributed by atoms with Crippen molar-refractivity contribution >= 4 is 47.6 Å². The number of morpholine rings is 1. The number of hydrogen-bond acceptors (Lipinski definition) is 4. The Morgan fingerprint density at radius 1 is 1.40 bits per heavy atom. The van der Waals surface area contributed by atoms with Crippen LogP contribution in [-0.2, 0) is 14.8 Å². The van der Waals surface area contributed by atoms with Crippen LogP contribution in [0.2, 0.25) is 0 Å². The van der Waals surface area contributed by atoms with Crippen LogP contribution in [-0.4, -0.2) is 38.5 Å². The predicted molar refractivity (Wildman–Crippen MR) is 85.0 cm³/mol. The van der Waals surface area contributed by atoms with Crippen molar-refractivity contribution in [2.45, 2.75) is 24.3 Å². The van der Waals surface area contributed by atoms with Crippen molar-refractivity contribution in [3.8, 4) is 0 Å². The Bertz CT molecular complexity index is 584. The number of anilines is 1. The van der Waals surface area contributed by atoms with Crippen molar-refractivity contribution in [3.05, 3.63) is 21.1 Å². The molecule has 1 saturated heterocycles. The van der Waals surface area contributed by atoms with Gasteiger partial charge in [0, 0.05) is 27.2 Å². The Hall–Kier alpha value is -0.150. The lowest BCUT2D eigenvalue weighted by Crippen LogP contribution is -2.48. The summed E-state index contributed by atoms with van der Waals surface area (Å²) in [4.78, 5) is 0.215. The van der Waals surface area contributed by atoms with Crippen LogP contribution in [0.15, 0.2) is 26.0 Å². The fraction of sp³-hybridized carbons (Fsp3) is 0.500. The fourth-order valence-electron chi connectivity index (χ4n) is 2.22. The number of ether oxygens (including phenoxy) is 1. The van der Waals surface area contributed by atoms with E-state index in [0.717, 1.165) is 0 Å². The molecule has 1 atom stereocenters. The largest absolute Gasteiger partial charge is 0.399 e. The molecule has 1 unspecified atom stereocenters. The van der Waals surface area contributed by atoms with E-state index in [0.29, 0.717) is 40.8 Å². The molecule has 0 amide bonds. The van der Waals surface area contributed by atoms with Crippen LogP contribution >= 0.6 is 31.9 Å². The Balaban J connectivity index is 2.49. The van der Waals surface area contributed by atoms with Gasteiger partial charge in [-0.25, -0.2) is 8.42 Å². The maximum absolute atomic E-state index is 12.9. The third-order valence-corrected chi connectivity index (χ3v) is 7.06. The average molecular weight is 428 g/mol. The van der Waals surface area contributed by atoms with Gasteiger partial charge >= 0.3 is 0 Å². The molecule has 0 saturated carbocycles. The molecule has 0 aromatic heterocycles. The van der Waals surface area contributed by atoms with Gasteiger partial charge < -0.3 is 10.5 Å². The van der Waals surface area contributed by atoms with E-state index in [1.807, 2.05) is 6.92 Å². The summed E-state index contributed by atoms with van der Waals surface area (Å²) in [6.07, 6.45) is 0.712. The van der Waals surface area contributed by atoms with Gasteiger partial charge in [0.05, 0.1) is 13.2 Å². The highest BCUT2D eigenvalue weighted by Gasteiger charge is 2.35. The second-order valence-corrected chi connectivity index (χ2v) is 8.10. The molecular weight excluding hydrogens is 412 g/mol. The third-order valence-electron chi connectivity index (χ3n) is 3.23. The molecule has 2 N–H and O–H groups in total.